The monoisotopic (exact) mass is 233 g/mol. The van der Waals surface area contributed by atoms with Gasteiger partial charge in [0.2, 0.25) is 0 Å². The molecule has 2 aromatic rings. The highest BCUT2D eigenvalue weighted by Crippen LogP contribution is 2.18. The summed E-state index contributed by atoms with van der Waals surface area (Å²) in [6, 6.07) is 6.28. The fourth-order valence-electron chi connectivity index (χ4n) is 1.90. The summed E-state index contributed by atoms with van der Waals surface area (Å²) in [5.41, 5.74) is 2.32. The number of fused-ring (bicyclic) bond motifs is 1. The van der Waals surface area contributed by atoms with Crippen molar-refractivity contribution in [3.05, 3.63) is 36.2 Å². The Labute approximate surface area is 102 Å². The lowest BCUT2D eigenvalue weighted by atomic mass is 10.1. The maximum Gasteiger partial charge on any atom is 0.0710 e. The standard InChI is InChI=1S/C13H19N3O/c1-3-8-17-10-12(14-2)11-9-15-16-7-5-4-6-13(11)16/h4-7,9,12,14H,3,8,10H2,1-2H3. The first kappa shape index (κ1) is 12.1. The van der Waals surface area contributed by atoms with E-state index in [0.717, 1.165) is 18.5 Å². The highest BCUT2D eigenvalue weighted by Gasteiger charge is 2.14. The molecule has 0 saturated heterocycles. The maximum absolute atomic E-state index is 5.61. The predicted molar refractivity (Wildman–Crippen MR) is 68.1 cm³/mol. The third kappa shape index (κ3) is 2.65. The quantitative estimate of drug-likeness (QED) is 0.776. The molecule has 0 aliphatic carbocycles. The van der Waals surface area contributed by atoms with Gasteiger partial charge in [-0.25, -0.2) is 4.52 Å². The second-order valence-corrected chi connectivity index (χ2v) is 4.05. The third-order valence-electron chi connectivity index (χ3n) is 2.81. The van der Waals surface area contributed by atoms with Gasteiger partial charge in [-0.1, -0.05) is 13.0 Å². The molecule has 4 nitrogen and oxygen atoms in total. The van der Waals surface area contributed by atoms with Crippen LogP contribution in [0.2, 0.25) is 0 Å². The van der Waals surface area contributed by atoms with Crippen LogP contribution in [-0.4, -0.2) is 29.9 Å². The molecule has 92 valence electrons. The average Bonchev–Trinajstić information content (AvgIpc) is 2.79. The Morgan fingerprint density at radius 2 is 2.35 bits per heavy atom. The van der Waals surface area contributed by atoms with E-state index in [1.54, 1.807) is 0 Å². The van der Waals surface area contributed by atoms with E-state index >= 15 is 0 Å². The third-order valence-corrected chi connectivity index (χ3v) is 2.81. The lowest BCUT2D eigenvalue weighted by Crippen LogP contribution is -2.21. The number of aromatic nitrogens is 2. The number of rotatable bonds is 6. The lowest BCUT2D eigenvalue weighted by molar-refractivity contribution is 0.114. The zero-order chi connectivity index (χ0) is 12.1. The highest BCUT2D eigenvalue weighted by atomic mass is 16.5. The van der Waals surface area contributed by atoms with Crippen LogP contribution in [0.15, 0.2) is 30.6 Å². The molecule has 1 atom stereocenters. The van der Waals surface area contributed by atoms with Gasteiger partial charge in [-0.2, -0.15) is 5.10 Å². The Kier molecular flexibility index (Phi) is 4.12. The fraction of sp³-hybridized carbons (Fsp3) is 0.462. The van der Waals surface area contributed by atoms with Crippen molar-refractivity contribution >= 4 is 5.52 Å². The van der Waals surface area contributed by atoms with Gasteiger partial charge in [-0.15, -0.1) is 0 Å². The minimum Gasteiger partial charge on any atom is -0.379 e. The largest absolute Gasteiger partial charge is 0.379 e. The van der Waals surface area contributed by atoms with Gasteiger partial charge in [-0.3, -0.25) is 0 Å². The van der Waals surface area contributed by atoms with Crippen LogP contribution in [0.25, 0.3) is 5.52 Å². The summed E-state index contributed by atoms with van der Waals surface area (Å²) < 4.78 is 7.50. The van der Waals surface area contributed by atoms with Crippen molar-refractivity contribution in [2.45, 2.75) is 19.4 Å². The van der Waals surface area contributed by atoms with Crippen molar-refractivity contribution in [3.8, 4) is 0 Å². The van der Waals surface area contributed by atoms with Crippen molar-refractivity contribution in [1.29, 1.82) is 0 Å². The number of hydrogen-bond donors (Lipinski definition) is 1. The predicted octanol–water partition coefficient (Wildman–Crippen LogP) is 2.02. The van der Waals surface area contributed by atoms with E-state index in [-0.39, 0.29) is 6.04 Å². The van der Waals surface area contributed by atoms with E-state index in [2.05, 4.69) is 23.4 Å². The Bertz CT molecular complexity index is 466. The van der Waals surface area contributed by atoms with E-state index in [0.29, 0.717) is 6.61 Å². The van der Waals surface area contributed by atoms with Crippen molar-refractivity contribution in [1.82, 2.24) is 14.9 Å². The van der Waals surface area contributed by atoms with Crippen LogP contribution in [0.1, 0.15) is 24.9 Å². The van der Waals surface area contributed by atoms with Crippen LogP contribution in [0.4, 0.5) is 0 Å². The van der Waals surface area contributed by atoms with Crippen molar-refractivity contribution in [2.24, 2.45) is 0 Å². The molecule has 0 aromatic carbocycles. The molecule has 0 amide bonds. The number of hydrogen-bond acceptors (Lipinski definition) is 3. The molecule has 17 heavy (non-hydrogen) atoms. The van der Waals surface area contributed by atoms with E-state index < -0.39 is 0 Å². The smallest absolute Gasteiger partial charge is 0.0710 e. The topological polar surface area (TPSA) is 38.6 Å². The van der Waals surface area contributed by atoms with Gasteiger partial charge < -0.3 is 10.1 Å². The number of pyridine rings is 1. The summed E-state index contributed by atoms with van der Waals surface area (Å²) in [5, 5.41) is 7.61. The fourth-order valence-corrected chi connectivity index (χ4v) is 1.90. The molecule has 0 fully saturated rings. The molecule has 0 aliphatic heterocycles. The first-order chi connectivity index (χ1) is 8.36. The summed E-state index contributed by atoms with van der Waals surface area (Å²) in [7, 11) is 1.95. The van der Waals surface area contributed by atoms with Crippen molar-refractivity contribution in [2.75, 3.05) is 20.3 Å². The first-order valence-electron chi connectivity index (χ1n) is 6.04. The van der Waals surface area contributed by atoms with Crippen LogP contribution in [0, 0.1) is 0 Å². The summed E-state index contributed by atoms with van der Waals surface area (Å²) in [4.78, 5) is 0. The van der Waals surface area contributed by atoms with E-state index in [4.69, 9.17) is 4.74 Å². The summed E-state index contributed by atoms with van der Waals surface area (Å²) in [5.74, 6) is 0. The van der Waals surface area contributed by atoms with Crippen LogP contribution < -0.4 is 5.32 Å². The summed E-state index contributed by atoms with van der Waals surface area (Å²) in [6.45, 7) is 3.60. The van der Waals surface area contributed by atoms with Gasteiger partial charge >= 0.3 is 0 Å². The van der Waals surface area contributed by atoms with Gasteiger partial charge in [0, 0.05) is 18.4 Å². The van der Waals surface area contributed by atoms with Crippen molar-refractivity contribution < 1.29 is 4.74 Å². The van der Waals surface area contributed by atoms with Gasteiger partial charge in [0.15, 0.2) is 0 Å². The van der Waals surface area contributed by atoms with Crippen molar-refractivity contribution in [3.63, 3.8) is 0 Å². The molecule has 2 aromatic heterocycles. The zero-order valence-electron chi connectivity index (χ0n) is 10.4. The Hall–Kier alpha value is -1.39. The number of nitrogens with one attached hydrogen (secondary N) is 1. The Balaban J connectivity index is 2.18. The lowest BCUT2D eigenvalue weighted by Gasteiger charge is -2.15. The normalized spacial score (nSPS) is 13.1. The molecule has 2 heterocycles. The van der Waals surface area contributed by atoms with Gasteiger partial charge in [0.05, 0.1) is 24.4 Å². The first-order valence-corrected chi connectivity index (χ1v) is 6.04. The zero-order valence-corrected chi connectivity index (χ0v) is 10.4. The summed E-state index contributed by atoms with van der Waals surface area (Å²) >= 11 is 0. The summed E-state index contributed by atoms with van der Waals surface area (Å²) in [6.07, 6.45) is 4.91. The SMILES string of the molecule is CCCOCC(NC)c1cnn2ccccc12. The molecular weight excluding hydrogens is 214 g/mol. The number of nitrogens with zero attached hydrogens (tertiary/aromatic N) is 2. The van der Waals surface area contributed by atoms with Crippen LogP contribution >= 0.6 is 0 Å². The minimum absolute atomic E-state index is 0.196. The van der Waals surface area contributed by atoms with E-state index in [9.17, 15) is 0 Å². The number of ether oxygens (including phenoxy) is 1. The van der Waals surface area contributed by atoms with Gasteiger partial charge in [-0.05, 0) is 25.6 Å². The van der Waals surface area contributed by atoms with E-state index in [1.165, 1.54) is 5.56 Å². The Morgan fingerprint density at radius 1 is 1.47 bits per heavy atom. The van der Waals surface area contributed by atoms with Crippen LogP contribution in [0.3, 0.4) is 0 Å². The van der Waals surface area contributed by atoms with E-state index in [1.807, 2.05) is 36.1 Å². The number of likely N-dealkylation sites (N-methyl/N-ethyl adjacent to an activating group) is 1. The second-order valence-electron chi connectivity index (χ2n) is 4.05. The maximum atomic E-state index is 5.61. The average molecular weight is 233 g/mol. The Morgan fingerprint density at radius 3 is 3.12 bits per heavy atom. The molecule has 0 saturated carbocycles. The second kappa shape index (κ2) is 5.80. The van der Waals surface area contributed by atoms with Crippen LogP contribution in [-0.2, 0) is 4.74 Å². The van der Waals surface area contributed by atoms with Gasteiger partial charge in [0.25, 0.3) is 0 Å². The molecule has 0 bridgehead atoms. The minimum atomic E-state index is 0.196. The van der Waals surface area contributed by atoms with Crippen LogP contribution in [0.5, 0.6) is 0 Å². The molecule has 4 heteroatoms. The molecule has 0 radical (unpaired) electrons. The molecule has 1 N–H and O–H groups in total. The highest BCUT2D eigenvalue weighted by molar-refractivity contribution is 5.54. The molecular formula is C13H19N3O. The molecule has 2 rings (SSSR count). The molecule has 0 spiro atoms. The molecule has 0 aliphatic rings. The molecule has 1 unspecified atom stereocenters. The van der Waals surface area contributed by atoms with Gasteiger partial charge in [0.1, 0.15) is 0 Å².